The first-order chi connectivity index (χ1) is 9.22. The number of rotatable bonds is 3. The highest BCUT2D eigenvalue weighted by Crippen LogP contribution is 2.18. The Morgan fingerprint density at radius 1 is 1.47 bits per heavy atom. The number of carbonyl (C=O) groups is 1. The van der Waals surface area contributed by atoms with Crippen LogP contribution in [0.4, 0.5) is 0 Å². The van der Waals surface area contributed by atoms with Gasteiger partial charge in [-0.3, -0.25) is 4.79 Å². The van der Waals surface area contributed by atoms with Crippen LogP contribution in [0.25, 0.3) is 10.9 Å². The van der Waals surface area contributed by atoms with Gasteiger partial charge < -0.3 is 15.2 Å². The van der Waals surface area contributed by atoms with Crippen LogP contribution in [0, 0.1) is 0 Å². The van der Waals surface area contributed by atoms with Crippen LogP contribution in [-0.2, 0) is 11.2 Å². The quantitative estimate of drug-likeness (QED) is 0.876. The number of amides is 1. The Bertz CT molecular complexity index is 590. The molecule has 19 heavy (non-hydrogen) atoms. The average Bonchev–Trinajstić information content (AvgIpc) is 2.97. The van der Waals surface area contributed by atoms with E-state index in [1.807, 2.05) is 24.4 Å². The summed E-state index contributed by atoms with van der Waals surface area (Å²) in [7, 11) is 2.09. The molecule has 0 radical (unpaired) electrons. The van der Waals surface area contributed by atoms with E-state index < -0.39 is 0 Å². The molecule has 1 fully saturated rings. The molecule has 100 valence electrons. The molecule has 2 N–H and O–H groups in total. The van der Waals surface area contributed by atoms with Crippen molar-refractivity contribution in [1.82, 2.24) is 15.2 Å². The van der Waals surface area contributed by atoms with E-state index in [9.17, 15) is 4.79 Å². The first kappa shape index (κ1) is 12.2. The van der Waals surface area contributed by atoms with Gasteiger partial charge in [-0.25, -0.2) is 0 Å². The topological polar surface area (TPSA) is 48.1 Å². The molecule has 4 heteroatoms. The molecule has 0 bridgehead atoms. The normalized spacial score (nSPS) is 19.9. The number of para-hydroxylation sites is 1. The zero-order valence-corrected chi connectivity index (χ0v) is 11.1. The summed E-state index contributed by atoms with van der Waals surface area (Å²) in [6.45, 7) is 2.03. The van der Waals surface area contributed by atoms with Gasteiger partial charge in [-0.1, -0.05) is 18.2 Å². The molecule has 3 rings (SSSR count). The Labute approximate surface area is 112 Å². The van der Waals surface area contributed by atoms with Crippen molar-refractivity contribution in [2.24, 2.45) is 0 Å². The minimum atomic E-state index is 0.116. The number of fused-ring (bicyclic) bond motifs is 1. The van der Waals surface area contributed by atoms with Gasteiger partial charge in [-0.2, -0.15) is 0 Å². The second kappa shape index (κ2) is 5.05. The van der Waals surface area contributed by atoms with E-state index in [1.54, 1.807) is 0 Å². The highest BCUT2D eigenvalue weighted by molar-refractivity contribution is 5.88. The third-order valence-corrected chi connectivity index (χ3v) is 3.78. The molecule has 0 saturated carbocycles. The second-order valence-corrected chi connectivity index (χ2v) is 5.35. The van der Waals surface area contributed by atoms with Crippen LogP contribution < -0.4 is 5.32 Å². The summed E-state index contributed by atoms with van der Waals surface area (Å²) in [4.78, 5) is 17.5. The zero-order chi connectivity index (χ0) is 13.2. The van der Waals surface area contributed by atoms with Gasteiger partial charge in [0, 0.05) is 29.7 Å². The van der Waals surface area contributed by atoms with Crippen LogP contribution in [0.2, 0.25) is 0 Å². The maximum absolute atomic E-state index is 12.1. The Morgan fingerprint density at radius 2 is 2.32 bits per heavy atom. The summed E-state index contributed by atoms with van der Waals surface area (Å²) in [6.07, 6.45) is 3.44. The molecule has 4 nitrogen and oxygen atoms in total. The molecule has 1 aromatic carbocycles. The van der Waals surface area contributed by atoms with E-state index in [2.05, 4.69) is 28.3 Å². The molecule has 1 atom stereocenters. The fourth-order valence-electron chi connectivity index (χ4n) is 2.78. The number of aromatic amines is 1. The van der Waals surface area contributed by atoms with E-state index in [1.165, 1.54) is 0 Å². The minimum Gasteiger partial charge on any atom is -0.361 e. The van der Waals surface area contributed by atoms with Crippen molar-refractivity contribution < 1.29 is 4.79 Å². The minimum absolute atomic E-state index is 0.116. The van der Waals surface area contributed by atoms with Crippen molar-refractivity contribution in [2.75, 3.05) is 20.1 Å². The number of benzene rings is 1. The third kappa shape index (κ3) is 2.63. The third-order valence-electron chi connectivity index (χ3n) is 3.78. The Balaban J connectivity index is 1.66. The molecule has 1 unspecified atom stereocenters. The molecule has 2 aromatic rings. The number of hydrogen-bond acceptors (Lipinski definition) is 2. The summed E-state index contributed by atoms with van der Waals surface area (Å²) in [6, 6.07) is 8.39. The van der Waals surface area contributed by atoms with Crippen molar-refractivity contribution in [2.45, 2.75) is 18.9 Å². The van der Waals surface area contributed by atoms with Crippen LogP contribution in [0.5, 0.6) is 0 Å². The fourth-order valence-corrected chi connectivity index (χ4v) is 2.78. The molecule has 1 aliphatic heterocycles. The van der Waals surface area contributed by atoms with E-state index in [0.29, 0.717) is 12.5 Å². The lowest BCUT2D eigenvalue weighted by atomic mass is 10.1. The number of hydrogen-bond donors (Lipinski definition) is 2. The molecule has 1 aromatic heterocycles. The lowest BCUT2D eigenvalue weighted by Crippen LogP contribution is -2.37. The first-order valence-corrected chi connectivity index (χ1v) is 6.75. The number of aromatic nitrogens is 1. The molecule has 1 saturated heterocycles. The van der Waals surface area contributed by atoms with Gasteiger partial charge in [0.1, 0.15) is 0 Å². The lowest BCUT2D eigenvalue weighted by molar-refractivity contribution is -0.121. The van der Waals surface area contributed by atoms with E-state index >= 15 is 0 Å². The molecule has 1 aliphatic rings. The van der Waals surface area contributed by atoms with Crippen LogP contribution in [-0.4, -0.2) is 42.0 Å². The largest absolute Gasteiger partial charge is 0.361 e. The monoisotopic (exact) mass is 257 g/mol. The van der Waals surface area contributed by atoms with Crippen LogP contribution >= 0.6 is 0 Å². The van der Waals surface area contributed by atoms with E-state index in [-0.39, 0.29) is 5.91 Å². The van der Waals surface area contributed by atoms with Crippen LogP contribution in [0.15, 0.2) is 30.5 Å². The average molecular weight is 257 g/mol. The second-order valence-electron chi connectivity index (χ2n) is 5.35. The van der Waals surface area contributed by atoms with Gasteiger partial charge in [0.15, 0.2) is 0 Å². The molecular formula is C15H19N3O. The van der Waals surface area contributed by atoms with Gasteiger partial charge in [0.25, 0.3) is 0 Å². The number of nitrogens with zero attached hydrogens (tertiary/aromatic N) is 1. The molecule has 2 heterocycles. The van der Waals surface area contributed by atoms with Gasteiger partial charge in [-0.15, -0.1) is 0 Å². The smallest absolute Gasteiger partial charge is 0.224 e. The highest BCUT2D eigenvalue weighted by atomic mass is 16.1. The maximum Gasteiger partial charge on any atom is 0.224 e. The highest BCUT2D eigenvalue weighted by Gasteiger charge is 2.21. The van der Waals surface area contributed by atoms with E-state index in [0.717, 1.165) is 36.0 Å². The fraction of sp³-hybridized carbons (Fsp3) is 0.400. The van der Waals surface area contributed by atoms with Gasteiger partial charge in [0.2, 0.25) is 5.91 Å². The molecule has 1 amide bonds. The summed E-state index contributed by atoms with van der Waals surface area (Å²) >= 11 is 0. The standard InChI is InChI=1S/C15H19N3O/c1-18-7-6-12(10-18)17-15(19)8-11-9-16-14-5-3-2-4-13(11)14/h2-5,9,12,16H,6-8,10H2,1H3,(H,17,19). The number of H-pyrrole nitrogens is 1. The number of likely N-dealkylation sites (tertiary alicyclic amines) is 1. The zero-order valence-electron chi connectivity index (χ0n) is 11.1. The Kier molecular flexibility index (Phi) is 3.25. The summed E-state index contributed by atoms with van der Waals surface area (Å²) in [5.41, 5.74) is 2.16. The van der Waals surface area contributed by atoms with Crippen LogP contribution in [0.1, 0.15) is 12.0 Å². The Hall–Kier alpha value is -1.81. The van der Waals surface area contributed by atoms with Crippen molar-refractivity contribution >= 4 is 16.8 Å². The molecule has 0 aliphatic carbocycles. The Morgan fingerprint density at radius 3 is 3.11 bits per heavy atom. The number of likely N-dealkylation sites (N-methyl/N-ethyl adjacent to an activating group) is 1. The first-order valence-electron chi connectivity index (χ1n) is 6.75. The van der Waals surface area contributed by atoms with Gasteiger partial charge in [-0.05, 0) is 31.6 Å². The van der Waals surface area contributed by atoms with Crippen molar-refractivity contribution in [3.05, 3.63) is 36.0 Å². The maximum atomic E-state index is 12.1. The molecule has 0 spiro atoms. The predicted octanol–water partition coefficient (Wildman–Crippen LogP) is 1.53. The van der Waals surface area contributed by atoms with Crippen LogP contribution in [0.3, 0.4) is 0 Å². The SMILES string of the molecule is CN1CCC(NC(=O)Cc2c[nH]c3ccccc23)C1. The lowest BCUT2D eigenvalue weighted by Gasteiger charge is -2.12. The van der Waals surface area contributed by atoms with Crippen molar-refractivity contribution in [3.8, 4) is 0 Å². The van der Waals surface area contributed by atoms with Gasteiger partial charge >= 0.3 is 0 Å². The number of nitrogens with one attached hydrogen (secondary N) is 2. The predicted molar refractivity (Wildman–Crippen MR) is 76.0 cm³/mol. The number of carbonyl (C=O) groups excluding carboxylic acids is 1. The summed E-state index contributed by atoms with van der Waals surface area (Å²) < 4.78 is 0. The van der Waals surface area contributed by atoms with E-state index in [4.69, 9.17) is 0 Å². The summed E-state index contributed by atoms with van der Waals surface area (Å²) in [5, 5.41) is 4.26. The van der Waals surface area contributed by atoms with Crippen molar-refractivity contribution in [3.63, 3.8) is 0 Å². The van der Waals surface area contributed by atoms with Crippen molar-refractivity contribution in [1.29, 1.82) is 0 Å². The summed E-state index contributed by atoms with van der Waals surface area (Å²) in [5.74, 6) is 0.116. The molecular weight excluding hydrogens is 238 g/mol. The van der Waals surface area contributed by atoms with Gasteiger partial charge in [0.05, 0.1) is 6.42 Å².